The quantitative estimate of drug-likeness (QED) is 0.840. The van der Waals surface area contributed by atoms with E-state index in [2.05, 4.69) is 17.6 Å². The van der Waals surface area contributed by atoms with E-state index in [4.69, 9.17) is 0 Å². The van der Waals surface area contributed by atoms with Gasteiger partial charge in [-0.15, -0.1) is 6.58 Å². The molecule has 0 bridgehead atoms. The predicted molar refractivity (Wildman–Crippen MR) is 78.8 cm³/mol. The van der Waals surface area contributed by atoms with Gasteiger partial charge in [0, 0.05) is 29.7 Å². The van der Waals surface area contributed by atoms with Gasteiger partial charge < -0.3 is 10.1 Å². The zero-order chi connectivity index (χ0) is 14.1. The summed E-state index contributed by atoms with van der Waals surface area (Å²) in [6.07, 6.45) is 3.53. The number of aliphatic carboxylic acids is 1. The Balaban J connectivity index is 2.06. The molecule has 2 aromatic rings. The Morgan fingerprint density at radius 1 is 1.50 bits per heavy atom. The Morgan fingerprint density at radius 3 is 3.05 bits per heavy atom. The zero-order valence-corrected chi connectivity index (χ0v) is 11.3. The Morgan fingerprint density at radius 2 is 2.30 bits per heavy atom. The molecule has 104 valence electrons. The second kappa shape index (κ2) is 5.13. The first-order chi connectivity index (χ1) is 9.72. The van der Waals surface area contributed by atoms with Gasteiger partial charge in [0.1, 0.15) is 6.04 Å². The monoisotopic (exact) mass is 270 g/mol. The molecule has 1 aliphatic heterocycles. The van der Waals surface area contributed by atoms with Gasteiger partial charge >= 0.3 is 5.97 Å². The van der Waals surface area contributed by atoms with Gasteiger partial charge in [-0.05, 0) is 24.5 Å². The molecular weight excluding hydrogens is 252 g/mol. The van der Waals surface area contributed by atoms with Crippen molar-refractivity contribution in [3.63, 3.8) is 0 Å². The summed E-state index contributed by atoms with van der Waals surface area (Å²) in [5, 5.41) is 10.7. The van der Waals surface area contributed by atoms with E-state index in [0.29, 0.717) is 0 Å². The number of carboxylic acids is 1. The lowest BCUT2D eigenvalue weighted by Gasteiger charge is -2.32. The molecule has 0 amide bonds. The average molecular weight is 270 g/mol. The molecule has 0 fully saturated rings. The molecule has 1 aromatic carbocycles. The van der Waals surface area contributed by atoms with Crippen molar-refractivity contribution in [2.45, 2.75) is 18.9 Å². The molecule has 0 unspecified atom stereocenters. The lowest BCUT2D eigenvalue weighted by Crippen LogP contribution is -2.40. The summed E-state index contributed by atoms with van der Waals surface area (Å²) in [5.74, 6) is -0.790. The highest BCUT2D eigenvalue weighted by Crippen LogP contribution is 2.34. The molecule has 0 spiro atoms. The van der Waals surface area contributed by atoms with E-state index in [1.165, 1.54) is 0 Å². The van der Waals surface area contributed by atoms with Crippen LogP contribution in [0.5, 0.6) is 0 Å². The van der Waals surface area contributed by atoms with Gasteiger partial charge in [0.05, 0.1) is 0 Å². The molecule has 1 aromatic heterocycles. The largest absolute Gasteiger partial charge is 0.480 e. The van der Waals surface area contributed by atoms with E-state index >= 15 is 0 Å². The fourth-order valence-electron chi connectivity index (χ4n) is 3.07. The first kappa shape index (κ1) is 12.9. The van der Waals surface area contributed by atoms with Crippen LogP contribution >= 0.6 is 0 Å². The molecule has 2 heterocycles. The third-order valence-electron chi connectivity index (χ3n) is 3.99. The molecular formula is C16H18N2O2. The van der Waals surface area contributed by atoms with Crippen molar-refractivity contribution < 1.29 is 9.90 Å². The van der Waals surface area contributed by atoms with E-state index in [0.717, 1.165) is 48.1 Å². The SMILES string of the molecule is C=CCCN1CCc2c([nH]c3ccccc23)[C@H]1C(=O)O. The van der Waals surface area contributed by atoms with Crippen molar-refractivity contribution in [3.05, 3.63) is 48.2 Å². The van der Waals surface area contributed by atoms with Crippen LogP contribution in [0.2, 0.25) is 0 Å². The fraction of sp³-hybridized carbons (Fsp3) is 0.312. The number of hydrogen-bond acceptors (Lipinski definition) is 2. The number of rotatable bonds is 4. The predicted octanol–water partition coefficient (Wildman–Crippen LogP) is 2.73. The minimum atomic E-state index is -0.790. The first-order valence-corrected chi connectivity index (χ1v) is 6.89. The van der Waals surface area contributed by atoms with Gasteiger partial charge in [-0.25, -0.2) is 0 Å². The Kier molecular flexibility index (Phi) is 3.32. The molecule has 1 aliphatic rings. The number of carbonyl (C=O) groups is 1. The summed E-state index contributed by atoms with van der Waals surface area (Å²) >= 11 is 0. The Labute approximate surface area is 117 Å². The molecule has 1 atom stereocenters. The average Bonchev–Trinajstić information content (AvgIpc) is 2.82. The number of aromatic amines is 1. The third kappa shape index (κ3) is 2.02. The van der Waals surface area contributed by atoms with Crippen LogP contribution in [0.1, 0.15) is 23.7 Å². The van der Waals surface area contributed by atoms with Crippen LogP contribution in [0.4, 0.5) is 0 Å². The number of nitrogens with zero attached hydrogens (tertiary/aromatic N) is 1. The fourth-order valence-corrected chi connectivity index (χ4v) is 3.07. The molecule has 0 radical (unpaired) electrons. The summed E-state index contributed by atoms with van der Waals surface area (Å²) in [6, 6.07) is 7.45. The first-order valence-electron chi connectivity index (χ1n) is 6.89. The maximum absolute atomic E-state index is 11.7. The molecule has 0 saturated carbocycles. The lowest BCUT2D eigenvalue weighted by molar-refractivity contribution is -0.144. The van der Waals surface area contributed by atoms with Crippen molar-refractivity contribution in [2.75, 3.05) is 13.1 Å². The maximum atomic E-state index is 11.7. The van der Waals surface area contributed by atoms with Crippen LogP contribution in [0, 0.1) is 0 Å². The van der Waals surface area contributed by atoms with Crippen molar-refractivity contribution in [1.82, 2.24) is 9.88 Å². The second-order valence-electron chi connectivity index (χ2n) is 5.17. The normalized spacial score (nSPS) is 18.9. The number of carboxylic acid groups (broad SMARTS) is 1. The van der Waals surface area contributed by atoms with E-state index in [-0.39, 0.29) is 0 Å². The minimum Gasteiger partial charge on any atom is -0.480 e. The number of H-pyrrole nitrogens is 1. The maximum Gasteiger partial charge on any atom is 0.327 e. The van der Waals surface area contributed by atoms with Crippen molar-refractivity contribution >= 4 is 16.9 Å². The summed E-state index contributed by atoms with van der Waals surface area (Å²) in [6.45, 7) is 5.22. The smallest absolute Gasteiger partial charge is 0.327 e. The summed E-state index contributed by atoms with van der Waals surface area (Å²) in [7, 11) is 0. The number of fused-ring (bicyclic) bond motifs is 3. The van der Waals surface area contributed by atoms with Gasteiger partial charge in [0.25, 0.3) is 0 Å². The van der Waals surface area contributed by atoms with Gasteiger partial charge in [0.2, 0.25) is 0 Å². The number of para-hydroxylation sites is 1. The van der Waals surface area contributed by atoms with Crippen LogP contribution in [-0.4, -0.2) is 34.0 Å². The van der Waals surface area contributed by atoms with Crippen LogP contribution in [0.15, 0.2) is 36.9 Å². The molecule has 3 rings (SSSR count). The van der Waals surface area contributed by atoms with E-state index < -0.39 is 12.0 Å². The molecule has 20 heavy (non-hydrogen) atoms. The third-order valence-corrected chi connectivity index (χ3v) is 3.99. The number of benzene rings is 1. The zero-order valence-electron chi connectivity index (χ0n) is 11.3. The van der Waals surface area contributed by atoms with Crippen LogP contribution in [0.25, 0.3) is 10.9 Å². The van der Waals surface area contributed by atoms with Crippen LogP contribution in [0.3, 0.4) is 0 Å². The highest BCUT2D eigenvalue weighted by atomic mass is 16.4. The van der Waals surface area contributed by atoms with Crippen molar-refractivity contribution in [1.29, 1.82) is 0 Å². The number of hydrogen-bond donors (Lipinski definition) is 2. The van der Waals surface area contributed by atoms with E-state index in [1.807, 2.05) is 29.2 Å². The van der Waals surface area contributed by atoms with Gasteiger partial charge in [-0.3, -0.25) is 9.69 Å². The van der Waals surface area contributed by atoms with Gasteiger partial charge in [-0.1, -0.05) is 24.3 Å². The van der Waals surface area contributed by atoms with Gasteiger partial charge in [0.15, 0.2) is 0 Å². The van der Waals surface area contributed by atoms with Crippen LogP contribution < -0.4 is 0 Å². The topological polar surface area (TPSA) is 56.3 Å². The van der Waals surface area contributed by atoms with Crippen molar-refractivity contribution in [3.8, 4) is 0 Å². The Bertz CT molecular complexity index is 660. The molecule has 2 N–H and O–H groups in total. The standard InChI is InChI=1S/C16H18N2O2/c1-2-3-9-18-10-8-12-11-6-4-5-7-13(11)17-14(12)15(18)16(19)20/h2,4-7,15,17H,1,3,8-10H2,(H,19,20)/t15-/m0/s1. The number of nitrogens with one attached hydrogen (secondary N) is 1. The summed E-state index contributed by atoms with van der Waals surface area (Å²) < 4.78 is 0. The summed E-state index contributed by atoms with van der Waals surface area (Å²) in [4.78, 5) is 17.0. The van der Waals surface area contributed by atoms with Crippen molar-refractivity contribution in [2.24, 2.45) is 0 Å². The highest BCUT2D eigenvalue weighted by molar-refractivity contribution is 5.88. The highest BCUT2D eigenvalue weighted by Gasteiger charge is 2.34. The number of aromatic nitrogens is 1. The van der Waals surface area contributed by atoms with Gasteiger partial charge in [-0.2, -0.15) is 0 Å². The molecule has 0 saturated heterocycles. The van der Waals surface area contributed by atoms with E-state index in [1.54, 1.807) is 0 Å². The van der Waals surface area contributed by atoms with E-state index in [9.17, 15) is 9.90 Å². The molecule has 4 nitrogen and oxygen atoms in total. The van der Waals surface area contributed by atoms with Crippen LogP contribution in [-0.2, 0) is 11.2 Å². The molecule has 4 heteroatoms. The lowest BCUT2D eigenvalue weighted by atomic mass is 9.97. The second-order valence-corrected chi connectivity index (χ2v) is 5.17. The Hall–Kier alpha value is -2.07. The molecule has 0 aliphatic carbocycles. The summed E-state index contributed by atoms with van der Waals surface area (Å²) in [5.41, 5.74) is 3.02. The minimum absolute atomic E-state index is 0.578.